The first-order valence-electron chi connectivity index (χ1n) is 3.49. The first-order chi connectivity index (χ1) is 6.07. The van der Waals surface area contributed by atoms with Crippen LogP contribution in [-0.2, 0) is 0 Å². The quantitative estimate of drug-likeness (QED) is 0.668. The Bertz CT molecular complexity index is 317. The minimum atomic E-state index is -0.316. The SMILES string of the molecule is COc1ccc(C(N)Br)c(Cl)c1Cl. The number of methoxy groups -OCH3 is 1. The molecule has 0 bridgehead atoms. The summed E-state index contributed by atoms with van der Waals surface area (Å²) in [6, 6.07) is 3.50. The van der Waals surface area contributed by atoms with Crippen LogP contribution in [0.25, 0.3) is 0 Å². The van der Waals surface area contributed by atoms with E-state index in [4.69, 9.17) is 33.7 Å². The molecule has 0 heterocycles. The zero-order valence-electron chi connectivity index (χ0n) is 6.85. The third-order valence-electron chi connectivity index (χ3n) is 1.59. The number of rotatable bonds is 2. The molecule has 0 saturated heterocycles. The maximum absolute atomic E-state index is 5.95. The van der Waals surface area contributed by atoms with Crippen molar-refractivity contribution in [1.29, 1.82) is 0 Å². The van der Waals surface area contributed by atoms with Crippen molar-refractivity contribution in [3.63, 3.8) is 0 Å². The van der Waals surface area contributed by atoms with E-state index < -0.39 is 0 Å². The van der Waals surface area contributed by atoms with E-state index in [9.17, 15) is 0 Å². The van der Waals surface area contributed by atoms with Crippen LogP contribution in [0.15, 0.2) is 12.1 Å². The van der Waals surface area contributed by atoms with Gasteiger partial charge in [-0.15, -0.1) is 0 Å². The standard InChI is InChI=1S/C8H8BrCl2NO/c1-13-5-3-2-4(8(9)12)6(10)7(5)11/h2-3,8H,12H2,1H3. The van der Waals surface area contributed by atoms with Gasteiger partial charge in [-0.2, -0.15) is 0 Å². The molecule has 0 radical (unpaired) electrons. The van der Waals surface area contributed by atoms with Crippen LogP contribution < -0.4 is 10.5 Å². The summed E-state index contributed by atoms with van der Waals surface area (Å²) >= 11 is 15.1. The van der Waals surface area contributed by atoms with E-state index in [2.05, 4.69) is 15.9 Å². The fourth-order valence-corrected chi connectivity index (χ4v) is 1.95. The molecule has 2 N–H and O–H groups in total. The molecule has 0 aliphatic rings. The van der Waals surface area contributed by atoms with Crippen LogP contribution in [-0.4, -0.2) is 7.11 Å². The second-order valence-electron chi connectivity index (χ2n) is 2.39. The van der Waals surface area contributed by atoms with E-state index in [1.807, 2.05) is 0 Å². The molecular weight excluding hydrogens is 277 g/mol. The molecule has 1 atom stereocenters. The minimum Gasteiger partial charge on any atom is -0.495 e. The van der Waals surface area contributed by atoms with E-state index in [-0.39, 0.29) is 4.95 Å². The largest absolute Gasteiger partial charge is 0.495 e. The van der Waals surface area contributed by atoms with Crippen molar-refractivity contribution < 1.29 is 4.74 Å². The smallest absolute Gasteiger partial charge is 0.139 e. The summed E-state index contributed by atoms with van der Waals surface area (Å²) in [7, 11) is 1.53. The van der Waals surface area contributed by atoms with Crippen molar-refractivity contribution >= 4 is 39.1 Å². The van der Waals surface area contributed by atoms with Crippen molar-refractivity contribution in [3.05, 3.63) is 27.7 Å². The highest BCUT2D eigenvalue weighted by atomic mass is 79.9. The highest BCUT2D eigenvalue weighted by molar-refractivity contribution is 9.09. The molecule has 1 unspecified atom stereocenters. The van der Waals surface area contributed by atoms with Crippen LogP contribution in [0.2, 0.25) is 10.0 Å². The Kier molecular flexibility index (Phi) is 3.86. The van der Waals surface area contributed by atoms with Gasteiger partial charge in [-0.05, 0) is 11.6 Å². The molecule has 0 aromatic heterocycles. The second kappa shape index (κ2) is 4.51. The first kappa shape index (κ1) is 11.1. The van der Waals surface area contributed by atoms with Crippen molar-refractivity contribution in [2.45, 2.75) is 4.95 Å². The molecule has 0 amide bonds. The monoisotopic (exact) mass is 283 g/mol. The van der Waals surface area contributed by atoms with Gasteiger partial charge in [0, 0.05) is 0 Å². The molecule has 2 nitrogen and oxygen atoms in total. The fraction of sp³-hybridized carbons (Fsp3) is 0.250. The van der Waals surface area contributed by atoms with Gasteiger partial charge in [-0.1, -0.05) is 45.2 Å². The first-order valence-corrected chi connectivity index (χ1v) is 5.16. The van der Waals surface area contributed by atoms with E-state index in [1.54, 1.807) is 12.1 Å². The highest BCUT2D eigenvalue weighted by Gasteiger charge is 2.13. The normalized spacial score (nSPS) is 12.7. The topological polar surface area (TPSA) is 35.2 Å². The molecule has 1 aromatic rings. The number of hydrogen-bond donors (Lipinski definition) is 1. The number of benzene rings is 1. The maximum atomic E-state index is 5.95. The van der Waals surface area contributed by atoms with Gasteiger partial charge in [0.2, 0.25) is 0 Å². The van der Waals surface area contributed by atoms with Crippen molar-refractivity contribution in [1.82, 2.24) is 0 Å². The lowest BCUT2D eigenvalue weighted by molar-refractivity contribution is 0.415. The van der Waals surface area contributed by atoms with Crippen LogP contribution >= 0.6 is 39.1 Å². The summed E-state index contributed by atoms with van der Waals surface area (Å²) in [4.78, 5) is -0.316. The molecule has 0 aliphatic heterocycles. The molecular formula is C8H8BrCl2NO. The van der Waals surface area contributed by atoms with E-state index in [0.29, 0.717) is 15.8 Å². The molecule has 0 saturated carbocycles. The minimum absolute atomic E-state index is 0.316. The van der Waals surface area contributed by atoms with E-state index in [1.165, 1.54) is 7.11 Å². The Morgan fingerprint density at radius 2 is 2.00 bits per heavy atom. The third kappa shape index (κ3) is 2.29. The summed E-state index contributed by atoms with van der Waals surface area (Å²) in [5, 5.41) is 0.807. The average Bonchev–Trinajstić information content (AvgIpc) is 2.09. The number of nitrogens with two attached hydrogens (primary N) is 1. The van der Waals surface area contributed by atoms with Crippen LogP contribution in [0.1, 0.15) is 10.5 Å². The molecule has 5 heteroatoms. The van der Waals surface area contributed by atoms with Crippen LogP contribution in [0.4, 0.5) is 0 Å². The predicted molar refractivity (Wildman–Crippen MR) is 58.9 cm³/mol. The Hall–Kier alpha value is 0.0400. The zero-order valence-corrected chi connectivity index (χ0v) is 9.95. The lowest BCUT2D eigenvalue weighted by Crippen LogP contribution is -2.02. The van der Waals surface area contributed by atoms with Gasteiger partial charge in [-0.3, -0.25) is 0 Å². The lowest BCUT2D eigenvalue weighted by atomic mass is 10.2. The van der Waals surface area contributed by atoms with Gasteiger partial charge in [0.25, 0.3) is 0 Å². The zero-order chi connectivity index (χ0) is 10.0. The average molecular weight is 285 g/mol. The van der Waals surface area contributed by atoms with E-state index in [0.717, 1.165) is 5.56 Å². The number of halogens is 3. The number of alkyl halides is 1. The van der Waals surface area contributed by atoms with Gasteiger partial charge < -0.3 is 10.5 Å². The number of hydrogen-bond acceptors (Lipinski definition) is 2. The highest BCUT2D eigenvalue weighted by Crippen LogP contribution is 2.37. The predicted octanol–water partition coefficient (Wildman–Crippen LogP) is 3.35. The summed E-state index contributed by atoms with van der Waals surface area (Å²) < 4.78 is 4.99. The van der Waals surface area contributed by atoms with Gasteiger partial charge in [0.15, 0.2) is 0 Å². The third-order valence-corrected chi connectivity index (χ3v) is 2.97. The van der Waals surface area contributed by atoms with Crippen molar-refractivity contribution in [2.24, 2.45) is 5.73 Å². The molecule has 0 fully saturated rings. The molecule has 0 spiro atoms. The fourth-order valence-electron chi connectivity index (χ4n) is 0.917. The summed E-state index contributed by atoms with van der Waals surface area (Å²) in [5.41, 5.74) is 6.35. The van der Waals surface area contributed by atoms with E-state index >= 15 is 0 Å². The summed E-state index contributed by atoms with van der Waals surface area (Å²) in [6.45, 7) is 0. The van der Waals surface area contributed by atoms with Gasteiger partial charge in [0.05, 0.1) is 17.1 Å². The second-order valence-corrected chi connectivity index (χ2v) is 4.13. The van der Waals surface area contributed by atoms with Crippen LogP contribution in [0.5, 0.6) is 5.75 Å². The Labute approximate surface area is 95.1 Å². The Balaban J connectivity index is 3.23. The Morgan fingerprint density at radius 1 is 1.38 bits per heavy atom. The van der Waals surface area contributed by atoms with Crippen LogP contribution in [0, 0.1) is 0 Å². The molecule has 13 heavy (non-hydrogen) atoms. The van der Waals surface area contributed by atoms with Crippen molar-refractivity contribution in [2.75, 3.05) is 7.11 Å². The number of ether oxygens (including phenoxy) is 1. The lowest BCUT2D eigenvalue weighted by Gasteiger charge is -2.10. The molecule has 0 aliphatic carbocycles. The Morgan fingerprint density at radius 3 is 2.46 bits per heavy atom. The molecule has 1 aromatic carbocycles. The van der Waals surface area contributed by atoms with Gasteiger partial charge in [-0.25, -0.2) is 0 Å². The molecule has 1 rings (SSSR count). The van der Waals surface area contributed by atoms with Gasteiger partial charge >= 0.3 is 0 Å². The van der Waals surface area contributed by atoms with Crippen LogP contribution in [0.3, 0.4) is 0 Å². The van der Waals surface area contributed by atoms with Gasteiger partial charge in [0.1, 0.15) is 10.8 Å². The summed E-state index contributed by atoms with van der Waals surface area (Å²) in [5.74, 6) is 0.545. The summed E-state index contributed by atoms with van der Waals surface area (Å²) in [6.07, 6.45) is 0. The maximum Gasteiger partial charge on any atom is 0.139 e. The molecule has 72 valence electrons. The van der Waals surface area contributed by atoms with Crippen molar-refractivity contribution in [3.8, 4) is 5.75 Å².